The molecule has 0 radical (unpaired) electrons. The largest absolute Gasteiger partial charge is 0.345 e. The van der Waals surface area contributed by atoms with Crippen molar-refractivity contribution in [3.63, 3.8) is 0 Å². The molecule has 0 aliphatic carbocycles. The second kappa shape index (κ2) is 5.65. The lowest BCUT2D eigenvalue weighted by Crippen LogP contribution is -2.24. The van der Waals surface area contributed by atoms with Crippen molar-refractivity contribution in [3.05, 3.63) is 30.1 Å². The van der Waals surface area contributed by atoms with Crippen molar-refractivity contribution in [1.29, 1.82) is 5.26 Å². The Kier molecular flexibility index (Phi) is 3.96. The smallest absolute Gasteiger partial charge is 0.0931 e. The minimum atomic E-state index is 0.0703. The summed E-state index contributed by atoms with van der Waals surface area (Å²) in [4.78, 5) is 7.28. The first-order valence-corrected chi connectivity index (χ1v) is 6.23. The van der Waals surface area contributed by atoms with E-state index in [1.54, 1.807) is 6.33 Å². The summed E-state index contributed by atoms with van der Waals surface area (Å²) in [7, 11) is 0. The van der Waals surface area contributed by atoms with Gasteiger partial charge < -0.3 is 10.3 Å². The first-order chi connectivity index (χ1) is 8.70. The number of aromatic nitrogens is 2. The summed E-state index contributed by atoms with van der Waals surface area (Å²) in [6.07, 6.45) is 1.70. The number of aromatic amines is 1. The van der Waals surface area contributed by atoms with E-state index in [9.17, 15) is 0 Å². The predicted molar refractivity (Wildman–Crippen MR) is 71.7 cm³/mol. The Morgan fingerprint density at radius 2 is 2.28 bits per heavy atom. The average Bonchev–Trinajstić information content (AvgIpc) is 2.81. The number of hydrogen-bond acceptors (Lipinski definition) is 3. The van der Waals surface area contributed by atoms with Crippen LogP contribution in [0.2, 0.25) is 0 Å². The molecule has 0 amide bonds. The van der Waals surface area contributed by atoms with Crippen LogP contribution in [-0.4, -0.2) is 16.5 Å². The van der Waals surface area contributed by atoms with E-state index in [0.717, 1.165) is 24.1 Å². The maximum absolute atomic E-state index is 9.00. The molecule has 0 saturated carbocycles. The first-order valence-electron chi connectivity index (χ1n) is 6.23. The molecule has 2 N–H and O–H groups in total. The standard InChI is InChI=1S/C14H18N4/c1-10(2)12(6-15)8-16-7-11-3-4-13-14(5-11)18-9-17-13/h3-5,9-10,12,16H,7-8H2,1-2H3,(H,17,18). The zero-order valence-corrected chi connectivity index (χ0v) is 10.8. The van der Waals surface area contributed by atoms with Crippen LogP contribution < -0.4 is 5.32 Å². The molecule has 1 atom stereocenters. The van der Waals surface area contributed by atoms with Gasteiger partial charge in [0.15, 0.2) is 0 Å². The fourth-order valence-corrected chi connectivity index (χ4v) is 1.90. The minimum Gasteiger partial charge on any atom is -0.345 e. The number of H-pyrrole nitrogens is 1. The highest BCUT2D eigenvalue weighted by atomic mass is 14.9. The highest BCUT2D eigenvalue weighted by Crippen LogP contribution is 2.12. The van der Waals surface area contributed by atoms with Crippen LogP contribution >= 0.6 is 0 Å². The van der Waals surface area contributed by atoms with Crippen LogP contribution in [0.5, 0.6) is 0 Å². The zero-order valence-electron chi connectivity index (χ0n) is 10.8. The molecular formula is C14H18N4. The Hall–Kier alpha value is -1.86. The Bertz CT molecular complexity index is 550. The maximum Gasteiger partial charge on any atom is 0.0931 e. The van der Waals surface area contributed by atoms with Crippen molar-refractivity contribution in [3.8, 4) is 6.07 Å². The minimum absolute atomic E-state index is 0.0703. The normalized spacial score (nSPS) is 12.8. The van der Waals surface area contributed by atoms with Crippen LogP contribution in [-0.2, 0) is 6.54 Å². The van der Waals surface area contributed by atoms with Gasteiger partial charge in [-0.25, -0.2) is 4.98 Å². The van der Waals surface area contributed by atoms with Crippen molar-refractivity contribution >= 4 is 11.0 Å². The van der Waals surface area contributed by atoms with Crippen LogP contribution in [0.25, 0.3) is 11.0 Å². The Morgan fingerprint density at radius 1 is 1.44 bits per heavy atom. The number of nitriles is 1. The van der Waals surface area contributed by atoms with E-state index in [4.69, 9.17) is 5.26 Å². The fraction of sp³-hybridized carbons (Fsp3) is 0.429. The summed E-state index contributed by atoms with van der Waals surface area (Å²) in [5.41, 5.74) is 3.23. The third kappa shape index (κ3) is 2.88. The topological polar surface area (TPSA) is 64.5 Å². The van der Waals surface area contributed by atoms with Gasteiger partial charge in [-0.3, -0.25) is 0 Å². The lowest BCUT2D eigenvalue weighted by Gasteiger charge is -2.13. The number of benzene rings is 1. The van der Waals surface area contributed by atoms with Crippen molar-refractivity contribution in [2.75, 3.05) is 6.54 Å². The number of nitrogens with one attached hydrogen (secondary N) is 2. The molecular weight excluding hydrogens is 224 g/mol. The van der Waals surface area contributed by atoms with Crippen molar-refractivity contribution in [2.24, 2.45) is 11.8 Å². The van der Waals surface area contributed by atoms with Gasteiger partial charge >= 0.3 is 0 Å². The molecule has 0 spiro atoms. The fourth-order valence-electron chi connectivity index (χ4n) is 1.90. The molecule has 0 bridgehead atoms. The molecule has 0 saturated heterocycles. The van der Waals surface area contributed by atoms with Crippen molar-refractivity contribution in [1.82, 2.24) is 15.3 Å². The summed E-state index contributed by atoms with van der Waals surface area (Å²) in [5, 5.41) is 12.3. The van der Waals surface area contributed by atoms with E-state index in [1.807, 2.05) is 6.07 Å². The van der Waals surface area contributed by atoms with Gasteiger partial charge in [-0.05, 0) is 23.6 Å². The lowest BCUT2D eigenvalue weighted by molar-refractivity contribution is 0.442. The molecule has 4 nitrogen and oxygen atoms in total. The molecule has 1 aromatic carbocycles. The number of hydrogen-bond donors (Lipinski definition) is 2. The lowest BCUT2D eigenvalue weighted by atomic mass is 9.97. The van der Waals surface area contributed by atoms with Crippen LogP contribution in [0, 0.1) is 23.2 Å². The van der Waals surface area contributed by atoms with Crippen LogP contribution in [0.4, 0.5) is 0 Å². The Morgan fingerprint density at radius 3 is 3.00 bits per heavy atom. The van der Waals surface area contributed by atoms with Gasteiger partial charge in [0.05, 0.1) is 29.3 Å². The maximum atomic E-state index is 9.00. The van der Waals surface area contributed by atoms with Gasteiger partial charge in [0.2, 0.25) is 0 Å². The number of fused-ring (bicyclic) bond motifs is 1. The summed E-state index contributed by atoms with van der Waals surface area (Å²) in [5.74, 6) is 0.457. The third-order valence-electron chi connectivity index (χ3n) is 3.15. The van der Waals surface area contributed by atoms with E-state index >= 15 is 0 Å². The predicted octanol–water partition coefficient (Wildman–Crippen LogP) is 2.45. The van der Waals surface area contributed by atoms with E-state index in [-0.39, 0.29) is 5.92 Å². The molecule has 0 fully saturated rings. The molecule has 94 valence electrons. The van der Waals surface area contributed by atoms with E-state index in [2.05, 4.69) is 47.3 Å². The summed E-state index contributed by atoms with van der Waals surface area (Å²) in [6.45, 7) is 5.66. The summed E-state index contributed by atoms with van der Waals surface area (Å²) in [6, 6.07) is 8.49. The number of rotatable bonds is 5. The van der Waals surface area contributed by atoms with Crippen LogP contribution in [0.1, 0.15) is 19.4 Å². The van der Waals surface area contributed by atoms with Crippen LogP contribution in [0.3, 0.4) is 0 Å². The molecule has 1 aromatic heterocycles. The van der Waals surface area contributed by atoms with Crippen molar-refractivity contribution < 1.29 is 0 Å². The van der Waals surface area contributed by atoms with Gasteiger partial charge in [0.1, 0.15) is 0 Å². The molecule has 1 unspecified atom stereocenters. The molecule has 0 aliphatic heterocycles. The summed E-state index contributed by atoms with van der Waals surface area (Å²) >= 11 is 0. The van der Waals surface area contributed by atoms with Gasteiger partial charge in [0, 0.05) is 13.1 Å². The molecule has 1 heterocycles. The van der Waals surface area contributed by atoms with E-state index in [1.165, 1.54) is 5.56 Å². The zero-order chi connectivity index (χ0) is 13.0. The summed E-state index contributed by atoms with van der Waals surface area (Å²) < 4.78 is 0. The van der Waals surface area contributed by atoms with Crippen molar-refractivity contribution in [2.45, 2.75) is 20.4 Å². The molecule has 2 aromatic rings. The molecule has 18 heavy (non-hydrogen) atoms. The Balaban J connectivity index is 1.92. The second-order valence-electron chi connectivity index (χ2n) is 4.86. The van der Waals surface area contributed by atoms with Gasteiger partial charge in [-0.2, -0.15) is 5.26 Å². The highest BCUT2D eigenvalue weighted by molar-refractivity contribution is 5.74. The van der Waals surface area contributed by atoms with E-state index < -0.39 is 0 Å². The van der Waals surface area contributed by atoms with Gasteiger partial charge in [0.25, 0.3) is 0 Å². The molecule has 2 rings (SSSR count). The number of nitrogens with zero attached hydrogens (tertiary/aromatic N) is 2. The average molecular weight is 242 g/mol. The SMILES string of the molecule is CC(C)C(C#N)CNCc1ccc2nc[nH]c2c1. The highest BCUT2D eigenvalue weighted by Gasteiger charge is 2.11. The monoisotopic (exact) mass is 242 g/mol. The van der Waals surface area contributed by atoms with Gasteiger partial charge in [-0.1, -0.05) is 19.9 Å². The number of imidazole rings is 1. The molecule has 0 aliphatic rings. The van der Waals surface area contributed by atoms with Gasteiger partial charge in [-0.15, -0.1) is 0 Å². The second-order valence-corrected chi connectivity index (χ2v) is 4.86. The third-order valence-corrected chi connectivity index (χ3v) is 3.15. The molecule has 4 heteroatoms. The van der Waals surface area contributed by atoms with E-state index in [0.29, 0.717) is 5.92 Å². The van der Waals surface area contributed by atoms with Crippen LogP contribution in [0.15, 0.2) is 24.5 Å². The first kappa shape index (κ1) is 12.6. The quantitative estimate of drug-likeness (QED) is 0.846. The Labute approximate surface area is 107 Å².